The van der Waals surface area contributed by atoms with Gasteiger partial charge in [0.25, 0.3) is 5.91 Å². The van der Waals surface area contributed by atoms with Crippen LogP contribution in [0.2, 0.25) is 0 Å². The van der Waals surface area contributed by atoms with E-state index in [2.05, 4.69) is 21.2 Å². The van der Waals surface area contributed by atoms with Crippen LogP contribution in [0.3, 0.4) is 0 Å². The summed E-state index contributed by atoms with van der Waals surface area (Å²) in [5, 5.41) is 2.98. The van der Waals surface area contributed by atoms with Gasteiger partial charge in [0.15, 0.2) is 6.61 Å². The number of nitrogens with zero attached hydrogens (tertiary/aromatic N) is 1. The SMILES string of the molecule is CCCNC(=O)[C@@H](Cc1ccccc1)N(Cc1cccc(Br)c1)C(=O)COc1ccc(C)cc1. The fraction of sp³-hybridized carbons (Fsp3) is 0.286. The monoisotopic (exact) mass is 522 g/mol. The smallest absolute Gasteiger partial charge is 0.261 e. The topological polar surface area (TPSA) is 58.6 Å². The van der Waals surface area contributed by atoms with E-state index in [1.165, 1.54) is 0 Å². The molecule has 0 saturated heterocycles. The Morgan fingerprint density at radius 1 is 0.971 bits per heavy atom. The van der Waals surface area contributed by atoms with Crippen molar-refractivity contribution >= 4 is 27.7 Å². The molecule has 3 aromatic rings. The maximum absolute atomic E-state index is 13.5. The summed E-state index contributed by atoms with van der Waals surface area (Å²) >= 11 is 3.50. The van der Waals surface area contributed by atoms with Crippen molar-refractivity contribution in [2.75, 3.05) is 13.2 Å². The molecule has 0 aliphatic heterocycles. The third-order valence-corrected chi connectivity index (χ3v) is 5.94. The van der Waals surface area contributed by atoms with E-state index in [4.69, 9.17) is 4.74 Å². The zero-order chi connectivity index (χ0) is 24.3. The van der Waals surface area contributed by atoms with Crippen LogP contribution < -0.4 is 10.1 Å². The van der Waals surface area contributed by atoms with Crippen LogP contribution in [-0.4, -0.2) is 35.9 Å². The van der Waals surface area contributed by atoms with E-state index in [0.29, 0.717) is 25.3 Å². The summed E-state index contributed by atoms with van der Waals surface area (Å²) in [7, 11) is 0. The molecule has 1 N–H and O–H groups in total. The summed E-state index contributed by atoms with van der Waals surface area (Å²) in [6, 6.07) is 24.5. The number of hydrogen-bond acceptors (Lipinski definition) is 3. The van der Waals surface area contributed by atoms with Crippen LogP contribution in [0.15, 0.2) is 83.3 Å². The van der Waals surface area contributed by atoms with Gasteiger partial charge in [0.2, 0.25) is 5.91 Å². The first-order valence-corrected chi connectivity index (χ1v) is 12.3. The zero-order valence-corrected chi connectivity index (χ0v) is 21.3. The van der Waals surface area contributed by atoms with E-state index in [1.54, 1.807) is 4.90 Å². The molecule has 0 spiro atoms. The molecule has 0 radical (unpaired) electrons. The fourth-order valence-corrected chi connectivity index (χ4v) is 4.06. The number of halogens is 1. The summed E-state index contributed by atoms with van der Waals surface area (Å²) in [6.45, 7) is 4.71. The lowest BCUT2D eigenvalue weighted by Crippen LogP contribution is -2.51. The first kappa shape index (κ1) is 25.5. The molecule has 0 aliphatic rings. The van der Waals surface area contributed by atoms with Gasteiger partial charge in [-0.2, -0.15) is 0 Å². The number of ether oxygens (including phenoxy) is 1. The fourth-order valence-electron chi connectivity index (χ4n) is 3.61. The number of carbonyl (C=O) groups is 2. The van der Waals surface area contributed by atoms with Crippen molar-refractivity contribution in [3.63, 3.8) is 0 Å². The molecular formula is C28H31BrN2O3. The molecule has 0 fully saturated rings. The molecule has 0 unspecified atom stereocenters. The maximum atomic E-state index is 13.5. The summed E-state index contributed by atoms with van der Waals surface area (Å²) < 4.78 is 6.71. The first-order chi connectivity index (χ1) is 16.5. The van der Waals surface area contributed by atoms with E-state index in [0.717, 1.165) is 27.6 Å². The number of carbonyl (C=O) groups excluding carboxylic acids is 2. The summed E-state index contributed by atoms with van der Waals surface area (Å²) in [4.78, 5) is 28.4. The molecule has 34 heavy (non-hydrogen) atoms. The Bertz CT molecular complexity index is 1070. The maximum Gasteiger partial charge on any atom is 0.261 e. The number of hydrogen-bond donors (Lipinski definition) is 1. The van der Waals surface area contributed by atoms with Gasteiger partial charge in [-0.1, -0.05) is 83.0 Å². The number of rotatable bonds is 11. The highest BCUT2D eigenvalue weighted by Gasteiger charge is 2.30. The third-order valence-electron chi connectivity index (χ3n) is 5.45. The number of nitrogens with one attached hydrogen (secondary N) is 1. The van der Waals surface area contributed by atoms with E-state index in [1.807, 2.05) is 92.7 Å². The van der Waals surface area contributed by atoms with Crippen LogP contribution in [0.1, 0.15) is 30.0 Å². The van der Waals surface area contributed by atoms with Gasteiger partial charge in [0.1, 0.15) is 11.8 Å². The molecule has 3 rings (SSSR count). The quantitative estimate of drug-likeness (QED) is 0.371. The van der Waals surface area contributed by atoms with Crippen molar-refractivity contribution in [2.24, 2.45) is 0 Å². The lowest BCUT2D eigenvalue weighted by molar-refractivity contribution is -0.142. The number of amides is 2. The molecule has 0 heterocycles. The van der Waals surface area contributed by atoms with Gasteiger partial charge in [-0.25, -0.2) is 0 Å². The molecule has 178 valence electrons. The normalized spacial score (nSPS) is 11.5. The van der Waals surface area contributed by atoms with Gasteiger partial charge in [-0.05, 0) is 48.7 Å². The minimum absolute atomic E-state index is 0.149. The zero-order valence-electron chi connectivity index (χ0n) is 19.7. The summed E-state index contributed by atoms with van der Waals surface area (Å²) in [5.74, 6) is 0.217. The molecule has 0 saturated carbocycles. The van der Waals surface area contributed by atoms with Crippen molar-refractivity contribution in [3.8, 4) is 5.75 Å². The van der Waals surface area contributed by atoms with Crippen molar-refractivity contribution in [1.29, 1.82) is 0 Å². The highest BCUT2D eigenvalue weighted by atomic mass is 79.9. The van der Waals surface area contributed by atoms with Crippen LogP contribution >= 0.6 is 15.9 Å². The molecule has 1 atom stereocenters. The average molecular weight is 523 g/mol. The lowest BCUT2D eigenvalue weighted by atomic mass is 10.0. The summed E-state index contributed by atoms with van der Waals surface area (Å²) in [5.41, 5.74) is 3.04. The predicted octanol–water partition coefficient (Wildman–Crippen LogP) is 5.30. The van der Waals surface area contributed by atoms with E-state index >= 15 is 0 Å². The minimum Gasteiger partial charge on any atom is -0.484 e. The van der Waals surface area contributed by atoms with Crippen molar-refractivity contribution < 1.29 is 14.3 Å². The third kappa shape index (κ3) is 7.73. The number of benzene rings is 3. The second-order valence-corrected chi connectivity index (χ2v) is 9.17. The molecule has 3 aromatic carbocycles. The highest BCUT2D eigenvalue weighted by Crippen LogP contribution is 2.19. The Labute approximate surface area is 210 Å². The van der Waals surface area contributed by atoms with E-state index in [9.17, 15) is 9.59 Å². The molecule has 0 aliphatic carbocycles. The lowest BCUT2D eigenvalue weighted by Gasteiger charge is -2.31. The van der Waals surface area contributed by atoms with Crippen LogP contribution in [-0.2, 0) is 22.6 Å². The van der Waals surface area contributed by atoms with Gasteiger partial charge in [0, 0.05) is 24.0 Å². The standard InChI is InChI=1S/C28H31BrN2O3/c1-3-16-30-28(33)26(18-22-8-5-4-6-9-22)31(19-23-10-7-11-24(29)17-23)27(32)20-34-25-14-12-21(2)13-15-25/h4-15,17,26H,3,16,18-20H2,1-2H3,(H,30,33)/t26-/m1/s1. The second kappa shape index (κ2) is 12.9. The molecular weight excluding hydrogens is 492 g/mol. The van der Waals surface area contributed by atoms with Gasteiger partial charge < -0.3 is 15.0 Å². The van der Waals surface area contributed by atoms with Gasteiger partial charge in [0.05, 0.1) is 0 Å². The highest BCUT2D eigenvalue weighted by molar-refractivity contribution is 9.10. The van der Waals surface area contributed by atoms with Crippen molar-refractivity contribution in [1.82, 2.24) is 10.2 Å². The van der Waals surface area contributed by atoms with Crippen molar-refractivity contribution in [3.05, 3.63) is 100 Å². The molecule has 0 bridgehead atoms. The van der Waals surface area contributed by atoms with E-state index in [-0.39, 0.29) is 18.4 Å². The first-order valence-electron chi connectivity index (χ1n) is 11.5. The Hall–Kier alpha value is -3.12. The van der Waals surface area contributed by atoms with Gasteiger partial charge in [-0.3, -0.25) is 9.59 Å². The summed E-state index contributed by atoms with van der Waals surface area (Å²) in [6.07, 6.45) is 1.24. The average Bonchev–Trinajstić information content (AvgIpc) is 2.85. The Morgan fingerprint density at radius 3 is 2.35 bits per heavy atom. The predicted molar refractivity (Wildman–Crippen MR) is 139 cm³/mol. The second-order valence-electron chi connectivity index (χ2n) is 8.25. The van der Waals surface area contributed by atoms with Crippen LogP contribution in [0.4, 0.5) is 0 Å². The largest absolute Gasteiger partial charge is 0.484 e. The molecule has 0 aromatic heterocycles. The minimum atomic E-state index is -0.665. The van der Waals surface area contributed by atoms with E-state index < -0.39 is 6.04 Å². The molecule has 2 amide bonds. The molecule has 6 heteroatoms. The Kier molecular flexibility index (Phi) is 9.71. The van der Waals surface area contributed by atoms with Crippen molar-refractivity contribution in [2.45, 2.75) is 39.3 Å². The Morgan fingerprint density at radius 2 is 1.68 bits per heavy atom. The Balaban J connectivity index is 1.88. The van der Waals surface area contributed by atoms with Crippen LogP contribution in [0.25, 0.3) is 0 Å². The number of aryl methyl sites for hydroxylation is 1. The van der Waals surface area contributed by atoms with Gasteiger partial charge in [-0.15, -0.1) is 0 Å². The van der Waals surface area contributed by atoms with Crippen LogP contribution in [0.5, 0.6) is 5.75 Å². The van der Waals surface area contributed by atoms with Crippen LogP contribution in [0, 0.1) is 6.92 Å². The van der Waals surface area contributed by atoms with Gasteiger partial charge >= 0.3 is 0 Å². The molecule has 5 nitrogen and oxygen atoms in total.